The van der Waals surface area contributed by atoms with Crippen LogP contribution >= 0.6 is 0 Å². The highest BCUT2D eigenvalue weighted by Gasteiger charge is 2.19. The van der Waals surface area contributed by atoms with Crippen LogP contribution in [-0.2, 0) is 28.6 Å². The Morgan fingerprint density at radius 2 is 0.493 bits per heavy atom. The largest absolute Gasteiger partial charge is 0.462 e. The lowest BCUT2D eigenvalue weighted by atomic mass is 10.0. The van der Waals surface area contributed by atoms with Crippen molar-refractivity contribution in [2.75, 3.05) is 13.2 Å². The fourth-order valence-corrected chi connectivity index (χ4v) is 9.40. The zero-order valence-electron chi connectivity index (χ0n) is 46.0. The summed E-state index contributed by atoms with van der Waals surface area (Å²) in [5, 5.41) is 0. The van der Waals surface area contributed by atoms with Gasteiger partial charge in [0, 0.05) is 19.3 Å². The molecule has 0 bridgehead atoms. The van der Waals surface area contributed by atoms with Gasteiger partial charge in [-0.3, -0.25) is 14.4 Å². The van der Waals surface area contributed by atoms with Crippen molar-refractivity contribution in [2.45, 2.75) is 349 Å². The molecule has 0 amide bonds. The topological polar surface area (TPSA) is 78.9 Å². The predicted octanol–water partition coefficient (Wildman–Crippen LogP) is 20.0. The number of carbonyl (C=O) groups is 3. The van der Waals surface area contributed by atoms with E-state index in [9.17, 15) is 14.4 Å². The first kappa shape index (κ1) is 65.4. The normalized spacial score (nSPS) is 12.0. The average Bonchev–Trinajstić information content (AvgIpc) is 3.30. The smallest absolute Gasteiger partial charge is 0.306 e. The number of esters is 3. The lowest BCUT2D eigenvalue weighted by molar-refractivity contribution is -0.167. The van der Waals surface area contributed by atoms with Crippen molar-refractivity contribution in [2.24, 2.45) is 11.8 Å². The predicted molar refractivity (Wildman–Crippen MR) is 289 cm³/mol. The van der Waals surface area contributed by atoms with Crippen LogP contribution in [0.5, 0.6) is 0 Å². The van der Waals surface area contributed by atoms with Gasteiger partial charge in [-0.1, -0.05) is 304 Å². The second-order valence-electron chi connectivity index (χ2n) is 21.9. The van der Waals surface area contributed by atoms with Crippen LogP contribution in [0.1, 0.15) is 343 Å². The van der Waals surface area contributed by atoms with Crippen molar-refractivity contribution in [1.29, 1.82) is 0 Å². The third kappa shape index (κ3) is 55.2. The van der Waals surface area contributed by atoms with E-state index in [-0.39, 0.29) is 31.1 Å². The van der Waals surface area contributed by atoms with Crippen LogP contribution in [0.4, 0.5) is 0 Å². The molecule has 67 heavy (non-hydrogen) atoms. The summed E-state index contributed by atoms with van der Waals surface area (Å²) in [6, 6.07) is 0. The lowest BCUT2D eigenvalue weighted by Gasteiger charge is -2.18. The van der Waals surface area contributed by atoms with Gasteiger partial charge in [0.15, 0.2) is 6.10 Å². The van der Waals surface area contributed by atoms with Crippen LogP contribution in [0.25, 0.3) is 0 Å². The molecule has 0 aromatic rings. The maximum Gasteiger partial charge on any atom is 0.306 e. The second-order valence-corrected chi connectivity index (χ2v) is 21.9. The van der Waals surface area contributed by atoms with E-state index >= 15 is 0 Å². The van der Waals surface area contributed by atoms with Gasteiger partial charge in [0.2, 0.25) is 0 Å². The fourth-order valence-electron chi connectivity index (χ4n) is 9.40. The molecule has 0 radical (unpaired) electrons. The van der Waals surface area contributed by atoms with E-state index in [0.29, 0.717) is 19.3 Å². The van der Waals surface area contributed by atoms with Crippen molar-refractivity contribution in [1.82, 2.24) is 0 Å². The molecule has 0 aliphatic carbocycles. The summed E-state index contributed by atoms with van der Waals surface area (Å²) in [7, 11) is 0. The van der Waals surface area contributed by atoms with Gasteiger partial charge in [-0.15, -0.1) is 0 Å². The van der Waals surface area contributed by atoms with Crippen molar-refractivity contribution in [3.8, 4) is 0 Å². The minimum absolute atomic E-state index is 0.0622. The molecule has 0 aromatic carbocycles. The van der Waals surface area contributed by atoms with Gasteiger partial charge in [0.1, 0.15) is 13.2 Å². The van der Waals surface area contributed by atoms with Crippen LogP contribution < -0.4 is 0 Å². The van der Waals surface area contributed by atoms with E-state index in [1.54, 1.807) is 0 Å². The van der Waals surface area contributed by atoms with E-state index < -0.39 is 6.10 Å². The second kappa shape index (κ2) is 53.8. The molecule has 0 N–H and O–H groups in total. The Labute approximate surface area is 418 Å². The van der Waals surface area contributed by atoms with Gasteiger partial charge in [-0.2, -0.15) is 0 Å². The Balaban J connectivity index is 4.27. The van der Waals surface area contributed by atoms with Crippen LogP contribution in [0, 0.1) is 11.8 Å². The van der Waals surface area contributed by atoms with Crippen molar-refractivity contribution in [3.63, 3.8) is 0 Å². The highest BCUT2D eigenvalue weighted by Crippen LogP contribution is 2.18. The number of carbonyl (C=O) groups excluding carboxylic acids is 3. The first-order valence-electron chi connectivity index (χ1n) is 30.2. The first-order chi connectivity index (χ1) is 32.7. The maximum atomic E-state index is 12.9. The van der Waals surface area contributed by atoms with E-state index in [4.69, 9.17) is 14.2 Å². The summed E-state index contributed by atoms with van der Waals surface area (Å²) in [6.45, 7) is 11.4. The van der Waals surface area contributed by atoms with Gasteiger partial charge in [-0.25, -0.2) is 0 Å². The summed E-state index contributed by atoms with van der Waals surface area (Å²) in [6.07, 6.45) is 58.1. The summed E-state index contributed by atoms with van der Waals surface area (Å²) >= 11 is 0. The van der Waals surface area contributed by atoms with E-state index in [2.05, 4.69) is 34.6 Å². The Morgan fingerprint density at radius 1 is 0.284 bits per heavy atom. The van der Waals surface area contributed by atoms with Gasteiger partial charge in [-0.05, 0) is 31.1 Å². The quantitative estimate of drug-likeness (QED) is 0.0343. The maximum absolute atomic E-state index is 12.9. The van der Waals surface area contributed by atoms with Gasteiger partial charge in [0.25, 0.3) is 0 Å². The molecule has 0 aromatic heterocycles. The molecule has 0 heterocycles. The molecule has 6 heteroatoms. The molecule has 398 valence electrons. The molecule has 0 unspecified atom stereocenters. The Hall–Kier alpha value is -1.59. The molecule has 0 saturated heterocycles. The molecular weight excluding hydrogens is 829 g/mol. The lowest BCUT2D eigenvalue weighted by Crippen LogP contribution is -2.30. The molecular formula is C61H118O6. The van der Waals surface area contributed by atoms with Crippen molar-refractivity contribution >= 4 is 17.9 Å². The van der Waals surface area contributed by atoms with E-state index in [1.165, 1.54) is 231 Å². The first-order valence-corrected chi connectivity index (χ1v) is 30.2. The van der Waals surface area contributed by atoms with Crippen molar-refractivity contribution in [3.05, 3.63) is 0 Å². The van der Waals surface area contributed by atoms with Gasteiger partial charge >= 0.3 is 17.9 Å². The Kier molecular flexibility index (Phi) is 52.5. The highest BCUT2D eigenvalue weighted by atomic mass is 16.6. The molecule has 0 aliphatic heterocycles. The minimum atomic E-state index is -0.763. The summed E-state index contributed by atoms with van der Waals surface area (Å²) in [5.74, 6) is 0.861. The van der Waals surface area contributed by atoms with Gasteiger partial charge in [0.05, 0.1) is 0 Å². The summed E-state index contributed by atoms with van der Waals surface area (Å²) in [5.41, 5.74) is 0. The Morgan fingerprint density at radius 3 is 0.731 bits per heavy atom. The van der Waals surface area contributed by atoms with Crippen LogP contribution in [-0.4, -0.2) is 37.2 Å². The Bertz CT molecular complexity index is 1020. The molecule has 0 rings (SSSR count). The van der Waals surface area contributed by atoms with Crippen LogP contribution in [0.3, 0.4) is 0 Å². The van der Waals surface area contributed by atoms with Gasteiger partial charge < -0.3 is 14.2 Å². The number of unbranched alkanes of at least 4 members (excludes halogenated alkanes) is 40. The number of hydrogen-bond acceptors (Lipinski definition) is 6. The van der Waals surface area contributed by atoms with Crippen molar-refractivity contribution < 1.29 is 28.6 Å². The molecule has 0 saturated carbocycles. The number of rotatable bonds is 55. The zero-order valence-corrected chi connectivity index (χ0v) is 46.0. The minimum Gasteiger partial charge on any atom is -0.462 e. The molecule has 6 nitrogen and oxygen atoms in total. The SMILES string of the molecule is CCCCCCCCCCCCCCCC(=O)OC[C@H](COC(=O)CCCCCCCCCCCCCCCCCCC(C)C)OC(=O)CCCCCCCCCCCCCCCCC(C)C. The third-order valence-electron chi connectivity index (χ3n) is 14.0. The van der Waals surface area contributed by atoms with E-state index in [0.717, 1.165) is 69.6 Å². The molecule has 0 aliphatic rings. The summed E-state index contributed by atoms with van der Waals surface area (Å²) < 4.78 is 16.9. The molecule has 0 spiro atoms. The highest BCUT2D eigenvalue weighted by molar-refractivity contribution is 5.71. The molecule has 0 fully saturated rings. The monoisotopic (exact) mass is 947 g/mol. The summed E-state index contributed by atoms with van der Waals surface area (Å²) in [4.78, 5) is 38.2. The number of ether oxygens (including phenoxy) is 3. The van der Waals surface area contributed by atoms with Crippen LogP contribution in [0.15, 0.2) is 0 Å². The third-order valence-corrected chi connectivity index (χ3v) is 14.0. The zero-order chi connectivity index (χ0) is 48.9. The standard InChI is InChI=1S/C61H118O6/c1-6-7-8-9-10-11-12-19-26-31-36-41-46-51-59(62)65-54-58(67-61(64)53-48-43-38-33-28-23-18-17-21-25-30-35-40-45-50-57(4)5)55-66-60(63)52-47-42-37-32-27-22-16-14-13-15-20-24-29-34-39-44-49-56(2)3/h56-58H,6-55H2,1-5H3/t58-/m1/s1. The number of hydrogen-bond donors (Lipinski definition) is 0. The average molecular weight is 948 g/mol. The molecule has 1 atom stereocenters. The fraction of sp³-hybridized carbons (Fsp3) is 0.951. The van der Waals surface area contributed by atoms with E-state index in [1.807, 2.05) is 0 Å². The van der Waals surface area contributed by atoms with Crippen LogP contribution in [0.2, 0.25) is 0 Å².